The lowest BCUT2D eigenvalue weighted by atomic mass is 9.97. The van der Waals surface area contributed by atoms with Gasteiger partial charge in [0.15, 0.2) is 5.82 Å². The number of hydrogen-bond donors (Lipinski definition) is 0. The molecule has 2 atom stereocenters. The number of piperazine rings is 1. The number of hydrogen-bond acceptors (Lipinski definition) is 10. The Hall–Kier alpha value is -5.67. The molecule has 2 unspecified atom stereocenters. The van der Waals surface area contributed by atoms with Crippen LogP contribution in [0.25, 0.3) is 21.8 Å². The van der Waals surface area contributed by atoms with Crippen LogP contribution in [0.1, 0.15) is 63.6 Å². The summed E-state index contributed by atoms with van der Waals surface area (Å²) in [7, 11) is 2.12. The number of ether oxygens (including phenoxy) is 3. The molecule has 0 spiro atoms. The average molecular weight is 758 g/mol. The Labute approximate surface area is 328 Å². The molecule has 292 valence electrons. The number of fused-ring (bicyclic) bond motifs is 2. The van der Waals surface area contributed by atoms with E-state index in [2.05, 4.69) is 46.7 Å². The first kappa shape index (κ1) is 38.6. The smallest absolute Gasteiger partial charge is 0.410 e. The van der Waals surface area contributed by atoms with Gasteiger partial charge in [-0.25, -0.2) is 4.79 Å². The van der Waals surface area contributed by atoms with Gasteiger partial charge in [-0.15, -0.1) is 0 Å². The fourth-order valence-corrected chi connectivity index (χ4v) is 7.65. The van der Waals surface area contributed by atoms with Crippen molar-refractivity contribution in [2.24, 2.45) is 5.41 Å². The number of rotatable bonds is 11. The molecule has 12 heteroatoms. The van der Waals surface area contributed by atoms with Gasteiger partial charge in [0, 0.05) is 50.4 Å². The summed E-state index contributed by atoms with van der Waals surface area (Å²) in [6.45, 7) is 11.2. The van der Waals surface area contributed by atoms with Gasteiger partial charge in [-0.2, -0.15) is 15.2 Å². The van der Waals surface area contributed by atoms with Crippen LogP contribution in [0.3, 0.4) is 0 Å². The van der Waals surface area contributed by atoms with E-state index in [1.165, 1.54) is 0 Å². The van der Waals surface area contributed by atoms with Crippen LogP contribution in [0.5, 0.6) is 11.8 Å². The zero-order valence-electron chi connectivity index (χ0n) is 33.0. The van der Waals surface area contributed by atoms with Crippen molar-refractivity contribution in [3.63, 3.8) is 0 Å². The summed E-state index contributed by atoms with van der Waals surface area (Å²) in [5, 5.41) is 11.9. The molecule has 0 N–H and O–H groups in total. The van der Waals surface area contributed by atoms with Crippen molar-refractivity contribution in [1.29, 1.82) is 5.26 Å². The monoisotopic (exact) mass is 757 g/mol. The SMILES string of the molecule is CCn1cc(Cc2cc(OC(=O)C(C)(C)C)cc3ccccc23)c2nc(OCC3CCCN3C)nc(N3CCN(C(=O)OCc4ccccc4)C(CC#N)C3)c21. The number of carbonyl (C=O) groups is 2. The third kappa shape index (κ3) is 8.43. The molecular weight excluding hydrogens is 707 g/mol. The molecule has 0 bridgehead atoms. The summed E-state index contributed by atoms with van der Waals surface area (Å²) in [5.74, 6) is 0.907. The molecule has 0 radical (unpaired) electrons. The van der Waals surface area contributed by atoms with E-state index in [0.29, 0.717) is 56.8 Å². The first-order valence-electron chi connectivity index (χ1n) is 19.6. The van der Waals surface area contributed by atoms with E-state index in [9.17, 15) is 14.9 Å². The molecule has 2 aromatic heterocycles. The van der Waals surface area contributed by atoms with Crippen LogP contribution >= 0.6 is 0 Å². The molecule has 2 aliphatic heterocycles. The molecule has 1 amide bonds. The number of likely N-dealkylation sites (N-methyl/N-ethyl adjacent to an activating group) is 1. The molecule has 0 aliphatic carbocycles. The Kier molecular flexibility index (Phi) is 11.4. The fourth-order valence-electron chi connectivity index (χ4n) is 7.65. The molecule has 12 nitrogen and oxygen atoms in total. The van der Waals surface area contributed by atoms with Crippen molar-refractivity contribution in [1.82, 2.24) is 24.3 Å². The number of amides is 1. The second-order valence-corrected chi connectivity index (χ2v) is 15.9. The molecule has 0 saturated carbocycles. The molecule has 7 rings (SSSR count). The van der Waals surface area contributed by atoms with Crippen molar-refractivity contribution >= 4 is 39.7 Å². The highest BCUT2D eigenvalue weighted by Gasteiger charge is 2.34. The highest BCUT2D eigenvalue weighted by atomic mass is 16.6. The average Bonchev–Trinajstić information content (AvgIpc) is 3.77. The van der Waals surface area contributed by atoms with E-state index in [1.807, 2.05) is 81.4 Å². The fraction of sp³-hybridized carbons (Fsp3) is 0.432. The van der Waals surface area contributed by atoms with Gasteiger partial charge in [0.05, 0.1) is 23.9 Å². The maximum atomic E-state index is 13.4. The van der Waals surface area contributed by atoms with Crippen LogP contribution in [-0.4, -0.2) is 88.3 Å². The molecule has 56 heavy (non-hydrogen) atoms. The number of likely N-dealkylation sites (tertiary alicyclic amines) is 1. The normalized spacial score (nSPS) is 17.6. The van der Waals surface area contributed by atoms with Crippen LogP contribution in [0.2, 0.25) is 0 Å². The molecule has 2 saturated heterocycles. The number of benzene rings is 3. The van der Waals surface area contributed by atoms with Crippen LogP contribution in [0.4, 0.5) is 10.6 Å². The maximum absolute atomic E-state index is 13.4. The van der Waals surface area contributed by atoms with Crippen LogP contribution in [0, 0.1) is 16.7 Å². The van der Waals surface area contributed by atoms with E-state index in [-0.39, 0.29) is 25.0 Å². The zero-order chi connectivity index (χ0) is 39.4. The van der Waals surface area contributed by atoms with Gasteiger partial charge in [0.2, 0.25) is 0 Å². The van der Waals surface area contributed by atoms with E-state index in [4.69, 9.17) is 24.2 Å². The predicted molar refractivity (Wildman–Crippen MR) is 216 cm³/mol. The molecule has 3 aromatic carbocycles. The summed E-state index contributed by atoms with van der Waals surface area (Å²) in [6.07, 6.45) is 4.52. The number of nitriles is 1. The topological polar surface area (TPSA) is 126 Å². The third-order valence-electron chi connectivity index (χ3n) is 10.8. The first-order chi connectivity index (χ1) is 27.0. The Balaban J connectivity index is 1.25. The van der Waals surface area contributed by atoms with Crippen molar-refractivity contribution < 1.29 is 23.8 Å². The van der Waals surface area contributed by atoms with Gasteiger partial charge in [-0.05, 0) is 88.2 Å². The predicted octanol–water partition coefficient (Wildman–Crippen LogP) is 7.36. The van der Waals surface area contributed by atoms with Gasteiger partial charge in [-0.3, -0.25) is 4.79 Å². The molecule has 4 heterocycles. The first-order valence-corrected chi connectivity index (χ1v) is 19.6. The molecule has 5 aromatic rings. The van der Waals surface area contributed by atoms with Crippen molar-refractivity contribution in [3.8, 4) is 17.8 Å². The quantitative estimate of drug-likeness (QED) is 0.0997. The summed E-state index contributed by atoms with van der Waals surface area (Å²) >= 11 is 0. The lowest BCUT2D eigenvalue weighted by Crippen LogP contribution is -2.55. The Morgan fingerprint density at radius 3 is 2.48 bits per heavy atom. The summed E-state index contributed by atoms with van der Waals surface area (Å²) in [6, 6.07) is 24.0. The minimum atomic E-state index is -0.655. The zero-order valence-corrected chi connectivity index (χ0v) is 33.0. The van der Waals surface area contributed by atoms with Crippen molar-refractivity contribution in [3.05, 3.63) is 89.6 Å². The number of carbonyl (C=O) groups excluding carboxylic acids is 2. The van der Waals surface area contributed by atoms with Gasteiger partial charge < -0.3 is 33.5 Å². The minimum Gasteiger partial charge on any atom is -0.462 e. The van der Waals surface area contributed by atoms with Gasteiger partial charge in [0.1, 0.15) is 30.0 Å². The summed E-state index contributed by atoms with van der Waals surface area (Å²) < 4.78 is 20.2. The van der Waals surface area contributed by atoms with E-state index in [0.717, 1.165) is 57.9 Å². The van der Waals surface area contributed by atoms with Gasteiger partial charge in [-0.1, -0.05) is 54.6 Å². The Morgan fingerprint density at radius 2 is 1.75 bits per heavy atom. The maximum Gasteiger partial charge on any atom is 0.410 e. The molecular formula is C44H51N7O5. The van der Waals surface area contributed by atoms with Crippen molar-refractivity contribution in [2.45, 2.75) is 78.6 Å². The van der Waals surface area contributed by atoms with Crippen molar-refractivity contribution in [2.75, 3.05) is 44.7 Å². The number of aromatic nitrogens is 3. The lowest BCUT2D eigenvalue weighted by Gasteiger charge is -2.40. The van der Waals surface area contributed by atoms with Gasteiger partial charge in [0.25, 0.3) is 0 Å². The van der Waals surface area contributed by atoms with E-state index < -0.39 is 17.6 Å². The number of nitrogens with zero attached hydrogens (tertiary/aromatic N) is 7. The minimum absolute atomic E-state index is 0.145. The van der Waals surface area contributed by atoms with E-state index in [1.54, 1.807) is 4.90 Å². The second kappa shape index (κ2) is 16.6. The highest BCUT2D eigenvalue weighted by Crippen LogP contribution is 2.36. The molecule has 2 aliphatic rings. The number of aryl methyl sites for hydroxylation is 1. The number of anilines is 1. The van der Waals surface area contributed by atoms with Crippen LogP contribution < -0.4 is 14.4 Å². The third-order valence-corrected chi connectivity index (χ3v) is 10.8. The summed E-state index contributed by atoms with van der Waals surface area (Å²) in [5.41, 5.74) is 3.86. The summed E-state index contributed by atoms with van der Waals surface area (Å²) in [4.78, 5) is 42.7. The van der Waals surface area contributed by atoms with Crippen LogP contribution in [-0.2, 0) is 29.1 Å². The largest absolute Gasteiger partial charge is 0.462 e. The Bertz CT molecular complexity index is 2240. The van der Waals surface area contributed by atoms with Crippen LogP contribution in [0.15, 0.2) is 72.9 Å². The second-order valence-electron chi connectivity index (χ2n) is 15.9. The standard InChI is InChI=1S/C44H51N7O5/c1-6-49-26-33(23-32-25-36(56-41(52)44(2,3)4)24-31-15-10-11-17-37(31)32)38-39(49)40(47-42(46-38)54-29-35-16-12-20-48(35)5)50-21-22-51(34(27-50)18-19-45)43(53)55-28-30-13-8-7-9-14-30/h7-11,13-15,17,24-26,34-35H,6,12,16,18,20-23,27-29H2,1-5H3. The lowest BCUT2D eigenvalue weighted by molar-refractivity contribution is -0.142. The Morgan fingerprint density at radius 1 is 0.964 bits per heavy atom. The van der Waals surface area contributed by atoms with Gasteiger partial charge >= 0.3 is 18.1 Å². The molecule has 2 fully saturated rings. The van der Waals surface area contributed by atoms with E-state index >= 15 is 0 Å². The highest BCUT2D eigenvalue weighted by molar-refractivity contribution is 5.92. The number of esters is 1.